The van der Waals surface area contributed by atoms with Crippen LogP contribution in [0.4, 0.5) is 5.69 Å². The molecule has 2 amide bonds. The molecule has 1 aromatic carbocycles. The molecule has 0 aliphatic carbocycles. The van der Waals surface area contributed by atoms with E-state index in [1.165, 1.54) is 0 Å². The summed E-state index contributed by atoms with van der Waals surface area (Å²) in [7, 11) is 0. The Labute approximate surface area is 179 Å². The maximum atomic E-state index is 13.2. The molecular weight excluding hydrogens is 413 g/mol. The van der Waals surface area contributed by atoms with Gasteiger partial charge in [-0.25, -0.2) is 0 Å². The number of hydrogen-bond donors (Lipinski definition) is 0. The van der Waals surface area contributed by atoms with E-state index in [9.17, 15) is 9.59 Å². The van der Waals surface area contributed by atoms with Gasteiger partial charge in [0.1, 0.15) is 18.1 Å². The Bertz CT molecular complexity index is 931. The summed E-state index contributed by atoms with van der Waals surface area (Å²) in [6.45, 7) is 4.59. The number of aromatic nitrogens is 3. The van der Waals surface area contributed by atoms with Crippen molar-refractivity contribution >= 4 is 40.7 Å². The summed E-state index contributed by atoms with van der Waals surface area (Å²) < 4.78 is 2.02. The molecule has 2 saturated heterocycles. The number of amides is 2. The van der Waals surface area contributed by atoms with E-state index < -0.39 is 5.92 Å². The number of carbonyl (C=O) groups is 2. The quantitative estimate of drug-likeness (QED) is 0.690. The molecule has 9 heteroatoms. The third kappa shape index (κ3) is 3.85. The van der Waals surface area contributed by atoms with Crippen molar-refractivity contribution in [1.29, 1.82) is 0 Å². The van der Waals surface area contributed by atoms with Gasteiger partial charge in [-0.05, 0) is 44.4 Å². The second-order valence-corrected chi connectivity index (χ2v) is 8.34. The van der Waals surface area contributed by atoms with E-state index in [2.05, 4.69) is 10.2 Å². The Morgan fingerprint density at radius 1 is 1.21 bits per heavy atom. The highest BCUT2D eigenvalue weighted by molar-refractivity contribution is 6.42. The highest BCUT2D eigenvalue weighted by Gasteiger charge is 2.41. The molecule has 2 aliphatic heterocycles. The normalized spacial score (nSPS) is 22.4. The van der Waals surface area contributed by atoms with Gasteiger partial charge < -0.3 is 14.4 Å². The molecular formula is C20H23Cl2N5O2. The number of piperidine rings is 1. The van der Waals surface area contributed by atoms with Crippen molar-refractivity contribution in [1.82, 2.24) is 19.7 Å². The van der Waals surface area contributed by atoms with Gasteiger partial charge >= 0.3 is 0 Å². The minimum atomic E-state index is -0.646. The summed E-state index contributed by atoms with van der Waals surface area (Å²) >= 11 is 12.1. The van der Waals surface area contributed by atoms with Crippen molar-refractivity contribution in [2.45, 2.75) is 38.6 Å². The predicted molar refractivity (Wildman–Crippen MR) is 111 cm³/mol. The van der Waals surface area contributed by atoms with Crippen molar-refractivity contribution in [3.63, 3.8) is 0 Å². The zero-order valence-corrected chi connectivity index (χ0v) is 17.7. The van der Waals surface area contributed by atoms with E-state index >= 15 is 0 Å². The Hall–Kier alpha value is -2.12. The van der Waals surface area contributed by atoms with Gasteiger partial charge in [0.05, 0.1) is 10.0 Å². The fraction of sp³-hybridized carbons (Fsp3) is 0.500. The van der Waals surface area contributed by atoms with Crippen molar-refractivity contribution in [2.75, 3.05) is 24.5 Å². The Morgan fingerprint density at radius 3 is 2.79 bits per heavy atom. The molecule has 2 unspecified atom stereocenters. The van der Waals surface area contributed by atoms with Crippen LogP contribution in [0.3, 0.4) is 0 Å². The number of rotatable bonds is 4. The molecule has 0 spiro atoms. The van der Waals surface area contributed by atoms with Crippen molar-refractivity contribution < 1.29 is 9.59 Å². The molecule has 2 atom stereocenters. The lowest BCUT2D eigenvalue weighted by atomic mass is 9.95. The van der Waals surface area contributed by atoms with Crippen LogP contribution >= 0.6 is 23.2 Å². The van der Waals surface area contributed by atoms with E-state index in [-0.39, 0.29) is 17.7 Å². The van der Waals surface area contributed by atoms with E-state index in [1.54, 1.807) is 29.4 Å². The molecule has 2 fully saturated rings. The minimum Gasteiger partial charge on any atom is -0.341 e. The number of benzene rings is 1. The minimum absolute atomic E-state index is 0.0928. The fourth-order valence-electron chi connectivity index (χ4n) is 4.25. The number of anilines is 1. The molecule has 0 bridgehead atoms. The first kappa shape index (κ1) is 20.2. The zero-order valence-electron chi connectivity index (χ0n) is 16.2. The monoisotopic (exact) mass is 435 g/mol. The SMILES string of the molecule is CCn1cnnc1C1CCCN(C(=O)C2CCN(c3ccc(Cl)c(Cl)c3)C2=O)C1. The first-order valence-electron chi connectivity index (χ1n) is 9.92. The zero-order chi connectivity index (χ0) is 20.5. The first-order chi connectivity index (χ1) is 14.0. The standard InChI is InChI=1S/C20H23Cl2N5O2/c1-2-25-12-23-24-18(25)13-4-3-8-26(11-13)19(28)15-7-9-27(20(15)29)14-5-6-16(21)17(22)10-14/h5-6,10,12-13,15H,2-4,7-9,11H2,1H3. The van der Waals surface area contributed by atoms with Crippen molar-refractivity contribution in [3.05, 3.63) is 40.4 Å². The Morgan fingerprint density at radius 2 is 2.03 bits per heavy atom. The van der Waals surface area contributed by atoms with Crippen LogP contribution in [0.15, 0.2) is 24.5 Å². The maximum absolute atomic E-state index is 13.2. The van der Waals surface area contributed by atoms with Crippen LogP contribution in [0.2, 0.25) is 10.0 Å². The molecule has 0 saturated carbocycles. The molecule has 1 aromatic heterocycles. The first-order valence-corrected chi connectivity index (χ1v) is 10.7. The number of carbonyl (C=O) groups excluding carboxylic acids is 2. The lowest BCUT2D eigenvalue weighted by molar-refractivity contribution is -0.140. The van der Waals surface area contributed by atoms with E-state index in [1.807, 2.05) is 16.4 Å². The van der Waals surface area contributed by atoms with Crippen LogP contribution in [0.5, 0.6) is 0 Å². The van der Waals surface area contributed by atoms with E-state index in [4.69, 9.17) is 23.2 Å². The van der Waals surface area contributed by atoms with Crippen LogP contribution in [0, 0.1) is 5.92 Å². The highest BCUT2D eigenvalue weighted by atomic mass is 35.5. The fourth-order valence-corrected chi connectivity index (χ4v) is 4.54. The van der Waals surface area contributed by atoms with Crippen LogP contribution in [0.1, 0.15) is 37.9 Å². The summed E-state index contributed by atoms with van der Waals surface area (Å²) in [6, 6.07) is 5.09. The average molecular weight is 436 g/mol. The highest BCUT2D eigenvalue weighted by Crippen LogP contribution is 2.33. The van der Waals surface area contributed by atoms with Crippen LogP contribution in [0.25, 0.3) is 0 Å². The Balaban J connectivity index is 1.46. The molecule has 2 aromatic rings. The van der Waals surface area contributed by atoms with Crippen molar-refractivity contribution in [3.8, 4) is 0 Å². The smallest absolute Gasteiger partial charge is 0.239 e. The molecule has 2 aliphatic rings. The van der Waals surface area contributed by atoms with Gasteiger partial charge in [-0.2, -0.15) is 0 Å². The van der Waals surface area contributed by atoms with Gasteiger partial charge in [0, 0.05) is 37.8 Å². The third-order valence-corrected chi connectivity index (χ3v) is 6.54. The lowest BCUT2D eigenvalue weighted by Crippen LogP contribution is -2.45. The number of halogens is 2. The third-order valence-electron chi connectivity index (χ3n) is 5.80. The van der Waals surface area contributed by atoms with Gasteiger partial charge in [0.25, 0.3) is 0 Å². The molecule has 7 nitrogen and oxygen atoms in total. The van der Waals surface area contributed by atoms with Gasteiger partial charge in [-0.15, -0.1) is 10.2 Å². The van der Waals surface area contributed by atoms with E-state index in [0.717, 1.165) is 25.2 Å². The summed E-state index contributed by atoms with van der Waals surface area (Å²) in [5.41, 5.74) is 0.673. The van der Waals surface area contributed by atoms with Crippen LogP contribution in [-0.2, 0) is 16.1 Å². The van der Waals surface area contributed by atoms with Gasteiger partial charge in [0.15, 0.2) is 0 Å². The summed E-state index contributed by atoms with van der Waals surface area (Å²) in [6.07, 6.45) is 4.09. The molecule has 29 heavy (non-hydrogen) atoms. The average Bonchev–Trinajstić information content (AvgIpc) is 3.36. The summed E-state index contributed by atoms with van der Waals surface area (Å²) in [5.74, 6) is 0.155. The lowest BCUT2D eigenvalue weighted by Gasteiger charge is -2.33. The predicted octanol–water partition coefficient (Wildman–Crippen LogP) is 3.36. The summed E-state index contributed by atoms with van der Waals surface area (Å²) in [5, 5.41) is 9.11. The summed E-state index contributed by atoms with van der Waals surface area (Å²) in [4.78, 5) is 29.6. The molecule has 154 valence electrons. The van der Waals surface area contributed by atoms with Gasteiger partial charge in [-0.1, -0.05) is 23.2 Å². The van der Waals surface area contributed by atoms with E-state index in [0.29, 0.717) is 41.8 Å². The van der Waals surface area contributed by atoms with Gasteiger partial charge in [-0.3, -0.25) is 9.59 Å². The number of nitrogens with zero attached hydrogens (tertiary/aromatic N) is 5. The molecule has 0 N–H and O–H groups in total. The number of aryl methyl sites for hydroxylation is 1. The molecule has 0 radical (unpaired) electrons. The Kier molecular flexibility index (Phi) is 5.79. The second-order valence-electron chi connectivity index (χ2n) is 7.53. The number of likely N-dealkylation sites (tertiary alicyclic amines) is 1. The maximum Gasteiger partial charge on any atom is 0.239 e. The second kappa shape index (κ2) is 8.32. The van der Waals surface area contributed by atoms with Crippen molar-refractivity contribution in [2.24, 2.45) is 5.92 Å². The van der Waals surface area contributed by atoms with Gasteiger partial charge in [0.2, 0.25) is 11.8 Å². The largest absolute Gasteiger partial charge is 0.341 e. The topological polar surface area (TPSA) is 71.3 Å². The van der Waals surface area contributed by atoms with Crippen LogP contribution in [-0.4, -0.2) is 51.1 Å². The van der Waals surface area contributed by atoms with Crippen LogP contribution < -0.4 is 4.90 Å². The molecule has 4 rings (SSSR count). The number of hydrogen-bond acceptors (Lipinski definition) is 4. The molecule has 3 heterocycles.